The Morgan fingerprint density at radius 2 is 1.41 bits per heavy atom. The van der Waals surface area contributed by atoms with Crippen LogP contribution in [0.3, 0.4) is 0 Å². The minimum Gasteiger partial charge on any atom is -0.479 e. The van der Waals surface area contributed by atoms with Gasteiger partial charge in [0, 0.05) is 37.3 Å². The number of fused-ring (bicyclic) bond motifs is 1. The van der Waals surface area contributed by atoms with E-state index >= 15 is 0 Å². The maximum Gasteiger partial charge on any atom is 0.416 e. The van der Waals surface area contributed by atoms with Gasteiger partial charge in [-0.05, 0) is 91.4 Å². The molecule has 3 aromatic carbocycles. The summed E-state index contributed by atoms with van der Waals surface area (Å²) in [7, 11) is 0. The third-order valence-corrected chi connectivity index (χ3v) is 9.85. The molecule has 2 unspecified atom stereocenters. The molecule has 0 saturated carbocycles. The summed E-state index contributed by atoms with van der Waals surface area (Å²) in [4.78, 5) is 54.8. The van der Waals surface area contributed by atoms with Gasteiger partial charge in [-0.25, -0.2) is 18.4 Å². The standard InChI is InChI=1S/C37H39F5N4O2.C4H6O6/c1-3-44(4-2)20-21-45(23-25-8-10-26(11-9-25)27-12-15-29(16-13-27)37(40,41)42)35(47)24-46-33-7-5-6-31(33)36(48)43-34(46)19-14-28-22-30(38)17-18-32(28)39;5-1(3(7)8)2(6)4(9)10/h8-13,15-18,22H,3-7,14,19-21,23-24H2,1-2H3;1-2,5-6H,(H,7,8)(H,9,10). The number of nitrogens with zero attached hydrogens (tertiary/aromatic N) is 4. The van der Waals surface area contributed by atoms with Crippen molar-refractivity contribution >= 4 is 17.8 Å². The minimum absolute atomic E-state index is 0.0571. The zero-order valence-electron chi connectivity index (χ0n) is 31.9. The van der Waals surface area contributed by atoms with Gasteiger partial charge in [-0.3, -0.25) is 9.59 Å². The Balaban J connectivity index is 0.000000657. The SMILES string of the molecule is CCN(CC)CCN(Cc1ccc(-c2ccc(C(F)(F)F)cc2)cc1)C(=O)Cn1c(CCc2cc(F)ccc2F)nc(=O)c2c1CCC2.O=C(O)C(O)C(O)C(=O)O. The monoisotopic (exact) mass is 816 g/mol. The molecular formula is C41H45F5N4O8. The largest absolute Gasteiger partial charge is 0.479 e. The Morgan fingerprint density at radius 3 is 1.97 bits per heavy atom. The Morgan fingerprint density at radius 1 is 0.828 bits per heavy atom. The zero-order chi connectivity index (χ0) is 42.7. The maximum atomic E-state index is 14.4. The van der Waals surface area contributed by atoms with Crippen LogP contribution in [0.1, 0.15) is 54.0 Å². The number of likely N-dealkylation sites (N-methyl/N-ethyl adjacent to an activating group) is 1. The van der Waals surface area contributed by atoms with Crippen molar-refractivity contribution in [1.82, 2.24) is 19.4 Å². The molecule has 17 heteroatoms. The van der Waals surface area contributed by atoms with Crippen LogP contribution in [-0.2, 0) is 59.3 Å². The van der Waals surface area contributed by atoms with E-state index in [4.69, 9.17) is 20.4 Å². The van der Waals surface area contributed by atoms with Gasteiger partial charge >= 0.3 is 18.1 Å². The molecule has 1 aliphatic carbocycles. The van der Waals surface area contributed by atoms with Crippen molar-refractivity contribution in [1.29, 1.82) is 0 Å². The summed E-state index contributed by atoms with van der Waals surface area (Å²) < 4.78 is 69.1. The highest BCUT2D eigenvalue weighted by Crippen LogP contribution is 2.31. The summed E-state index contributed by atoms with van der Waals surface area (Å²) in [5, 5.41) is 32.5. The van der Waals surface area contributed by atoms with Gasteiger partial charge in [0.2, 0.25) is 5.91 Å². The molecule has 4 aromatic rings. The number of aliphatic hydroxyl groups excluding tert-OH is 2. The van der Waals surface area contributed by atoms with Gasteiger partial charge in [0.25, 0.3) is 5.56 Å². The lowest BCUT2D eigenvalue weighted by molar-refractivity contribution is -0.165. The number of aromatic nitrogens is 2. The number of aryl methyl sites for hydroxylation is 2. The second-order valence-electron chi connectivity index (χ2n) is 13.6. The molecule has 5 rings (SSSR count). The number of rotatable bonds is 16. The normalized spacial score (nSPS) is 13.3. The number of hydrogen-bond acceptors (Lipinski definition) is 8. The molecule has 0 aliphatic heterocycles. The summed E-state index contributed by atoms with van der Waals surface area (Å²) in [6, 6.07) is 15.6. The molecule has 1 aromatic heterocycles. The van der Waals surface area contributed by atoms with E-state index in [1.54, 1.807) is 9.47 Å². The zero-order valence-corrected chi connectivity index (χ0v) is 31.9. The molecule has 2 atom stereocenters. The van der Waals surface area contributed by atoms with Gasteiger partial charge < -0.3 is 34.8 Å². The van der Waals surface area contributed by atoms with E-state index in [9.17, 15) is 41.1 Å². The van der Waals surface area contributed by atoms with Crippen molar-refractivity contribution in [2.45, 2.75) is 77.4 Å². The van der Waals surface area contributed by atoms with Crippen LogP contribution in [0.25, 0.3) is 11.1 Å². The molecule has 1 amide bonds. The number of aliphatic hydroxyl groups is 2. The van der Waals surface area contributed by atoms with Gasteiger partial charge in [-0.1, -0.05) is 50.2 Å². The third kappa shape index (κ3) is 12.0. The van der Waals surface area contributed by atoms with Crippen LogP contribution in [-0.4, -0.2) is 96.0 Å². The van der Waals surface area contributed by atoms with E-state index in [1.165, 1.54) is 12.1 Å². The fourth-order valence-electron chi connectivity index (χ4n) is 6.49. The summed E-state index contributed by atoms with van der Waals surface area (Å²) >= 11 is 0. The molecule has 4 N–H and O–H groups in total. The Bertz CT molecular complexity index is 2090. The van der Waals surface area contributed by atoms with E-state index in [2.05, 4.69) is 23.7 Å². The van der Waals surface area contributed by atoms with Crippen molar-refractivity contribution in [3.05, 3.63) is 122 Å². The number of alkyl halides is 3. The molecule has 312 valence electrons. The maximum absolute atomic E-state index is 14.4. The summed E-state index contributed by atoms with van der Waals surface area (Å²) in [6.45, 7) is 7.08. The van der Waals surface area contributed by atoms with E-state index in [-0.39, 0.29) is 36.4 Å². The van der Waals surface area contributed by atoms with Crippen LogP contribution < -0.4 is 5.56 Å². The van der Waals surface area contributed by atoms with Crippen LogP contribution in [0.2, 0.25) is 0 Å². The van der Waals surface area contributed by atoms with E-state index < -0.39 is 47.5 Å². The number of carbonyl (C=O) groups is 3. The average Bonchev–Trinajstić information content (AvgIpc) is 3.70. The average molecular weight is 817 g/mol. The molecule has 0 saturated heterocycles. The van der Waals surface area contributed by atoms with Crippen molar-refractivity contribution in [3.63, 3.8) is 0 Å². The number of carbonyl (C=O) groups excluding carboxylic acids is 1. The van der Waals surface area contributed by atoms with Gasteiger partial charge in [0.1, 0.15) is 24.0 Å². The molecule has 58 heavy (non-hydrogen) atoms. The molecule has 0 spiro atoms. The topological polar surface area (TPSA) is 174 Å². The van der Waals surface area contributed by atoms with Crippen LogP contribution in [0.4, 0.5) is 22.0 Å². The highest BCUT2D eigenvalue weighted by Gasteiger charge is 2.31. The predicted molar refractivity (Wildman–Crippen MR) is 202 cm³/mol. The number of carboxylic acid groups (broad SMARTS) is 2. The van der Waals surface area contributed by atoms with Gasteiger partial charge in [0.05, 0.1) is 5.56 Å². The number of aliphatic carboxylic acids is 2. The van der Waals surface area contributed by atoms with E-state index in [0.717, 1.165) is 66.7 Å². The number of amides is 1. The molecule has 1 aliphatic rings. The molecule has 0 radical (unpaired) electrons. The van der Waals surface area contributed by atoms with Crippen LogP contribution in [0, 0.1) is 11.6 Å². The van der Waals surface area contributed by atoms with Gasteiger partial charge in [-0.15, -0.1) is 0 Å². The highest BCUT2D eigenvalue weighted by molar-refractivity contribution is 5.83. The number of halogens is 5. The fraction of sp³-hybridized carbons (Fsp3) is 0.390. The van der Waals surface area contributed by atoms with Crippen molar-refractivity contribution in [3.8, 4) is 11.1 Å². The Labute approximate surface area is 330 Å². The molecule has 12 nitrogen and oxygen atoms in total. The highest BCUT2D eigenvalue weighted by atomic mass is 19.4. The Kier molecular flexibility index (Phi) is 15.8. The molecule has 0 fully saturated rings. The smallest absolute Gasteiger partial charge is 0.416 e. The van der Waals surface area contributed by atoms with Gasteiger partial charge in [-0.2, -0.15) is 18.2 Å². The first-order valence-corrected chi connectivity index (χ1v) is 18.6. The number of hydrogen-bond donors (Lipinski definition) is 4. The van der Waals surface area contributed by atoms with Crippen LogP contribution >= 0.6 is 0 Å². The lowest BCUT2D eigenvalue weighted by atomic mass is 10.0. The van der Waals surface area contributed by atoms with Crippen LogP contribution in [0.15, 0.2) is 71.5 Å². The van der Waals surface area contributed by atoms with Crippen molar-refractivity contribution < 1.29 is 56.8 Å². The molecule has 0 bridgehead atoms. The van der Waals surface area contributed by atoms with E-state index in [1.807, 2.05) is 24.3 Å². The quantitative estimate of drug-likeness (QED) is 0.116. The summed E-state index contributed by atoms with van der Waals surface area (Å²) in [5.74, 6) is -4.45. The minimum atomic E-state index is -4.41. The Hall–Kier alpha value is -5.52. The van der Waals surface area contributed by atoms with E-state index in [0.29, 0.717) is 49.4 Å². The number of benzene rings is 3. The van der Waals surface area contributed by atoms with Crippen molar-refractivity contribution in [2.24, 2.45) is 0 Å². The second kappa shape index (κ2) is 20.3. The van der Waals surface area contributed by atoms with Gasteiger partial charge in [0.15, 0.2) is 12.2 Å². The molecular weight excluding hydrogens is 771 g/mol. The first kappa shape index (κ1) is 45.2. The second-order valence-corrected chi connectivity index (χ2v) is 13.6. The first-order chi connectivity index (χ1) is 27.4. The first-order valence-electron chi connectivity index (χ1n) is 18.6. The predicted octanol–water partition coefficient (Wildman–Crippen LogP) is 4.73. The fourth-order valence-corrected chi connectivity index (χ4v) is 6.49. The lowest BCUT2D eigenvalue weighted by Gasteiger charge is -2.28. The third-order valence-electron chi connectivity index (χ3n) is 9.85. The molecule has 1 heterocycles. The summed E-state index contributed by atoms with van der Waals surface area (Å²) in [5.41, 5.74) is 2.73. The van der Waals surface area contributed by atoms with Crippen LogP contribution in [0.5, 0.6) is 0 Å². The summed E-state index contributed by atoms with van der Waals surface area (Å²) in [6.07, 6.45) is -6.72. The lowest BCUT2D eigenvalue weighted by Crippen LogP contribution is -2.40. The number of carboxylic acids is 2. The van der Waals surface area contributed by atoms with Crippen molar-refractivity contribution in [2.75, 3.05) is 26.2 Å².